The quantitative estimate of drug-likeness (QED) is 0.875. The molecule has 1 aliphatic carbocycles. The van der Waals surface area contributed by atoms with Gasteiger partial charge in [0.1, 0.15) is 5.56 Å². The summed E-state index contributed by atoms with van der Waals surface area (Å²) in [5, 5.41) is 2.93. The van der Waals surface area contributed by atoms with Gasteiger partial charge in [0.05, 0.1) is 0 Å². The average Bonchev–Trinajstić information content (AvgIpc) is 2.85. The molecule has 0 aliphatic heterocycles. The first-order valence-electron chi connectivity index (χ1n) is 7.04. The van der Waals surface area contributed by atoms with Gasteiger partial charge in [-0.3, -0.25) is 9.59 Å². The van der Waals surface area contributed by atoms with Crippen LogP contribution in [0, 0.1) is 12.3 Å². The lowest BCUT2D eigenvalue weighted by Gasteiger charge is -2.27. The SMILES string of the molecule is CCC1(CNC(=O)c2c[nH]c(C)cc2=O)CCCC1. The van der Waals surface area contributed by atoms with E-state index in [-0.39, 0.29) is 22.3 Å². The summed E-state index contributed by atoms with van der Waals surface area (Å²) in [7, 11) is 0. The molecule has 1 heterocycles. The van der Waals surface area contributed by atoms with Gasteiger partial charge in [-0.2, -0.15) is 0 Å². The fourth-order valence-corrected chi connectivity index (χ4v) is 2.89. The van der Waals surface area contributed by atoms with Crippen LogP contribution in [0.4, 0.5) is 0 Å². The molecule has 0 atom stereocenters. The van der Waals surface area contributed by atoms with Gasteiger partial charge >= 0.3 is 0 Å². The van der Waals surface area contributed by atoms with Gasteiger partial charge in [0, 0.05) is 24.5 Å². The van der Waals surface area contributed by atoms with Crippen molar-refractivity contribution in [1.82, 2.24) is 10.3 Å². The lowest BCUT2D eigenvalue weighted by Crippen LogP contribution is -2.37. The Bertz CT molecular complexity index is 513. The fraction of sp³-hybridized carbons (Fsp3) is 0.600. The highest BCUT2D eigenvalue weighted by molar-refractivity contribution is 5.93. The standard InChI is InChI=1S/C15H22N2O2/c1-3-15(6-4-5-7-15)10-17-14(19)12-9-16-11(2)8-13(12)18/h8-9H,3-7,10H2,1-2H3,(H,16,18)(H,17,19). The second-order valence-electron chi connectivity index (χ2n) is 5.64. The highest BCUT2D eigenvalue weighted by Gasteiger charge is 2.32. The van der Waals surface area contributed by atoms with Crippen LogP contribution in [0.25, 0.3) is 0 Å². The molecule has 0 bridgehead atoms. The van der Waals surface area contributed by atoms with Crippen LogP contribution in [0.2, 0.25) is 0 Å². The first-order chi connectivity index (χ1) is 9.06. The molecule has 1 aromatic rings. The zero-order valence-electron chi connectivity index (χ0n) is 11.7. The summed E-state index contributed by atoms with van der Waals surface area (Å²) in [6.45, 7) is 4.65. The van der Waals surface area contributed by atoms with E-state index in [4.69, 9.17) is 0 Å². The third-order valence-electron chi connectivity index (χ3n) is 4.34. The van der Waals surface area contributed by atoms with Crippen molar-refractivity contribution in [2.75, 3.05) is 6.54 Å². The molecule has 1 amide bonds. The number of hydrogen-bond donors (Lipinski definition) is 2. The third-order valence-corrected chi connectivity index (χ3v) is 4.34. The summed E-state index contributed by atoms with van der Waals surface area (Å²) in [6.07, 6.45) is 7.42. The first-order valence-corrected chi connectivity index (χ1v) is 7.04. The number of aryl methyl sites for hydroxylation is 1. The first kappa shape index (κ1) is 13.8. The highest BCUT2D eigenvalue weighted by atomic mass is 16.2. The number of amides is 1. The number of carbonyl (C=O) groups is 1. The molecule has 4 heteroatoms. The second-order valence-corrected chi connectivity index (χ2v) is 5.64. The summed E-state index contributed by atoms with van der Waals surface area (Å²) >= 11 is 0. The molecule has 4 nitrogen and oxygen atoms in total. The maximum atomic E-state index is 12.1. The van der Waals surface area contributed by atoms with E-state index in [2.05, 4.69) is 17.2 Å². The number of aromatic amines is 1. The van der Waals surface area contributed by atoms with Gasteiger partial charge in [-0.25, -0.2) is 0 Å². The van der Waals surface area contributed by atoms with Gasteiger partial charge in [0.25, 0.3) is 5.91 Å². The van der Waals surface area contributed by atoms with Crippen molar-refractivity contribution in [2.24, 2.45) is 5.41 Å². The van der Waals surface area contributed by atoms with Gasteiger partial charge in [0.2, 0.25) is 0 Å². The molecule has 2 rings (SSSR count). The van der Waals surface area contributed by atoms with E-state index >= 15 is 0 Å². The lowest BCUT2D eigenvalue weighted by molar-refractivity contribution is 0.0927. The molecular weight excluding hydrogens is 240 g/mol. The Morgan fingerprint density at radius 1 is 1.42 bits per heavy atom. The Morgan fingerprint density at radius 2 is 2.11 bits per heavy atom. The Morgan fingerprint density at radius 3 is 2.68 bits per heavy atom. The highest BCUT2D eigenvalue weighted by Crippen LogP contribution is 2.40. The van der Waals surface area contributed by atoms with Crippen molar-refractivity contribution >= 4 is 5.91 Å². The molecular formula is C15H22N2O2. The minimum absolute atomic E-state index is 0.204. The van der Waals surface area contributed by atoms with Crippen LogP contribution < -0.4 is 10.7 Å². The monoisotopic (exact) mass is 262 g/mol. The van der Waals surface area contributed by atoms with Crippen LogP contribution in [-0.4, -0.2) is 17.4 Å². The molecule has 1 aliphatic rings. The molecule has 0 saturated heterocycles. The van der Waals surface area contributed by atoms with Crippen LogP contribution in [0.3, 0.4) is 0 Å². The van der Waals surface area contributed by atoms with E-state index in [0.717, 1.165) is 12.1 Å². The van der Waals surface area contributed by atoms with Crippen LogP contribution in [0.5, 0.6) is 0 Å². The molecule has 2 N–H and O–H groups in total. The largest absolute Gasteiger partial charge is 0.364 e. The van der Waals surface area contributed by atoms with Crippen molar-refractivity contribution in [3.05, 3.63) is 33.7 Å². The van der Waals surface area contributed by atoms with Crippen LogP contribution in [0.15, 0.2) is 17.1 Å². The smallest absolute Gasteiger partial charge is 0.256 e. The molecule has 0 unspecified atom stereocenters. The molecule has 104 valence electrons. The normalized spacial score (nSPS) is 17.4. The fourth-order valence-electron chi connectivity index (χ4n) is 2.89. The molecule has 0 radical (unpaired) electrons. The number of carbonyl (C=O) groups excluding carboxylic acids is 1. The Kier molecular flexibility index (Phi) is 4.08. The topological polar surface area (TPSA) is 62.0 Å². The number of aromatic nitrogens is 1. The van der Waals surface area contributed by atoms with E-state index in [1.54, 1.807) is 6.92 Å². The predicted molar refractivity (Wildman–Crippen MR) is 75.3 cm³/mol. The van der Waals surface area contributed by atoms with Gasteiger partial charge in [0.15, 0.2) is 5.43 Å². The van der Waals surface area contributed by atoms with E-state index in [1.807, 2.05) is 0 Å². The van der Waals surface area contributed by atoms with E-state index < -0.39 is 0 Å². The summed E-state index contributed by atoms with van der Waals surface area (Å²) in [5.41, 5.74) is 0.996. The second kappa shape index (κ2) is 5.59. The van der Waals surface area contributed by atoms with Gasteiger partial charge in [-0.05, 0) is 31.6 Å². The summed E-state index contributed by atoms with van der Waals surface area (Å²) in [5.74, 6) is -0.263. The van der Waals surface area contributed by atoms with Crippen LogP contribution in [0.1, 0.15) is 55.1 Å². The minimum Gasteiger partial charge on any atom is -0.364 e. The van der Waals surface area contributed by atoms with E-state index in [0.29, 0.717) is 6.54 Å². The lowest BCUT2D eigenvalue weighted by atomic mass is 9.83. The third kappa shape index (κ3) is 3.06. The average molecular weight is 262 g/mol. The number of H-pyrrole nitrogens is 1. The minimum atomic E-state index is -0.263. The van der Waals surface area contributed by atoms with Crippen molar-refractivity contribution in [3.8, 4) is 0 Å². The Labute approximate surface area is 113 Å². The van der Waals surface area contributed by atoms with Gasteiger partial charge in [-0.15, -0.1) is 0 Å². The zero-order valence-corrected chi connectivity index (χ0v) is 11.7. The van der Waals surface area contributed by atoms with Crippen molar-refractivity contribution in [3.63, 3.8) is 0 Å². The van der Waals surface area contributed by atoms with Crippen LogP contribution >= 0.6 is 0 Å². The number of nitrogens with one attached hydrogen (secondary N) is 2. The van der Waals surface area contributed by atoms with Crippen molar-refractivity contribution in [2.45, 2.75) is 46.0 Å². The van der Waals surface area contributed by atoms with E-state index in [9.17, 15) is 9.59 Å². The maximum absolute atomic E-state index is 12.1. The molecule has 19 heavy (non-hydrogen) atoms. The number of rotatable bonds is 4. The zero-order chi connectivity index (χ0) is 13.9. The molecule has 1 saturated carbocycles. The Hall–Kier alpha value is -1.58. The summed E-state index contributed by atoms with van der Waals surface area (Å²) in [4.78, 5) is 26.7. The van der Waals surface area contributed by atoms with Gasteiger partial charge in [-0.1, -0.05) is 19.8 Å². The van der Waals surface area contributed by atoms with E-state index in [1.165, 1.54) is 37.9 Å². The number of hydrogen-bond acceptors (Lipinski definition) is 2. The Balaban J connectivity index is 2.03. The van der Waals surface area contributed by atoms with Gasteiger partial charge < -0.3 is 10.3 Å². The molecule has 0 spiro atoms. The van der Waals surface area contributed by atoms with Crippen molar-refractivity contribution in [1.29, 1.82) is 0 Å². The summed E-state index contributed by atoms with van der Waals surface area (Å²) in [6, 6.07) is 1.46. The predicted octanol–water partition coefficient (Wildman–Crippen LogP) is 2.38. The summed E-state index contributed by atoms with van der Waals surface area (Å²) < 4.78 is 0. The van der Waals surface area contributed by atoms with Crippen molar-refractivity contribution < 1.29 is 4.79 Å². The molecule has 1 fully saturated rings. The molecule has 0 aromatic carbocycles. The number of pyridine rings is 1. The maximum Gasteiger partial charge on any atom is 0.256 e. The molecule has 1 aromatic heterocycles. The van der Waals surface area contributed by atoms with Crippen LogP contribution in [-0.2, 0) is 0 Å².